The van der Waals surface area contributed by atoms with Crippen LogP contribution in [0.15, 0.2) is 35.1 Å². The van der Waals surface area contributed by atoms with Crippen molar-refractivity contribution in [3.8, 4) is 11.8 Å². The standard InChI is InChI=1S/C11H9BrN2O3/c1-14-5-4-13-11(14)17-9-3-2-7(12)6-8(9)10(15)16/h2-6H,1H3,(H,15,16). The quantitative estimate of drug-likeness (QED) is 0.946. The van der Waals surface area contributed by atoms with Gasteiger partial charge in [-0.3, -0.25) is 0 Å². The fraction of sp³-hybridized carbons (Fsp3) is 0.0909. The highest BCUT2D eigenvalue weighted by Crippen LogP contribution is 2.26. The van der Waals surface area contributed by atoms with Crippen LogP contribution in [0.5, 0.6) is 11.8 Å². The number of nitrogens with zero attached hydrogens (tertiary/aromatic N) is 2. The smallest absolute Gasteiger partial charge is 0.339 e. The van der Waals surface area contributed by atoms with Gasteiger partial charge in [0, 0.05) is 23.9 Å². The highest BCUT2D eigenvalue weighted by atomic mass is 79.9. The van der Waals surface area contributed by atoms with Crippen LogP contribution in [0.1, 0.15) is 10.4 Å². The molecule has 0 atom stereocenters. The van der Waals surface area contributed by atoms with E-state index >= 15 is 0 Å². The molecule has 0 radical (unpaired) electrons. The number of imidazole rings is 1. The molecule has 6 heteroatoms. The van der Waals surface area contributed by atoms with Gasteiger partial charge in [-0.1, -0.05) is 15.9 Å². The summed E-state index contributed by atoms with van der Waals surface area (Å²) in [5, 5.41) is 9.06. The Bertz CT molecular complexity index is 566. The fourth-order valence-corrected chi connectivity index (χ4v) is 1.67. The number of aromatic carboxylic acids is 1. The number of carboxylic acid groups (broad SMARTS) is 1. The van der Waals surface area contributed by atoms with Crippen molar-refractivity contribution in [3.63, 3.8) is 0 Å². The summed E-state index contributed by atoms with van der Waals surface area (Å²) in [5.74, 6) is -0.787. The first kappa shape index (κ1) is 11.7. The average molecular weight is 297 g/mol. The van der Waals surface area contributed by atoms with E-state index in [1.807, 2.05) is 0 Å². The fourth-order valence-electron chi connectivity index (χ4n) is 1.31. The Morgan fingerprint density at radius 1 is 1.53 bits per heavy atom. The molecule has 0 bridgehead atoms. The molecule has 0 aliphatic carbocycles. The van der Waals surface area contributed by atoms with Crippen molar-refractivity contribution in [1.82, 2.24) is 9.55 Å². The number of ether oxygens (including phenoxy) is 1. The number of carbonyl (C=O) groups is 1. The Hall–Kier alpha value is -1.82. The lowest BCUT2D eigenvalue weighted by Crippen LogP contribution is -2.02. The van der Waals surface area contributed by atoms with Crippen molar-refractivity contribution in [2.45, 2.75) is 0 Å². The van der Waals surface area contributed by atoms with Gasteiger partial charge in [0.05, 0.1) is 0 Å². The van der Waals surface area contributed by atoms with E-state index in [0.29, 0.717) is 10.5 Å². The topological polar surface area (TPSA) is 64.4 Å². The third-order valence-electron chi connectivity index (χ3n) is 2.15. The van der Waals surface area contributed by atoms with E-state index in [4.69, 9.17) is 9.84 Å². The second-order valence-corrected chi connectivity index (χ2v) is 4.28. The van der Waals surface area contributed by atoms with Crippen molar-refractivity contribution >= 4 is 21.9 Å². The maximum Gasteiger partial charge on any atom is 0.339 e. The molecule has 1 aromatic heterocycles. The second-order valence-electron chi connectivity index (χ2n) is 3.37. The number of carboxylic acids is 1. The predicted octanol–water partition coefficient (Wildman–Crippen LogP) is 2.67. The van der Waals surface area contributed by atoms with E-state index in [0.717, 1.165) is 0 Å². The monoisotopic (exact) mass is 296 g/mol. The summed E-state index contributed by atoms with van der Waals surface area (Å²) in [6.07, 6.45) is 3.29. The number of benzene rings is 1. The van der Waals surface area contributed by atoms with E-state index in [-0.39, 0.29) is 11.3 Å². The Morgan fingerprint density at radius 3 is 2.88 bits per heavy atom. The van der Waals surface area contributed by atoms with Gasteiger partial charge in [-0.15, -0.1) is 0 Å². The molecular formula is C11H9BrN2O3. The van der Waals surface area contributed by atoms with E-state index in [2.05, 4.69) is 20.9 Å². The molecule has 5 nitrogen and oxygen atoms in total. The number of hydrogen-bond acceptors (Lipinski definition) is 3. The molecule has 0 saturated heterocycles. The molecule has 88 valence electrons. The van der Waals surface area contributed by atoms with E-state index < -0.39 is 5.97 Å². The average Bonchev–Trinajstić information content (AvgIpc) is 2.67. The number of hydrogen-bond donors (Lipinski definition) is 1. The molecule has 2 aromatic rings. The first-order valence-electron chi connectivity index (χ1n) is 4.76. The minimum atomic E-state index is -1.05. The highest BCUT2D eigenvalue weighted by molar-refractivity contribution is 9.10. The van der Waals surface area contributed by atoms with Crippen LogP contribution in [0.25, 0.3) is 0 Å². The molecule has 0 unspecified atom stereocenters. The largest absolute Gasteiger partial charge is 0.478 e. The van der Waals surface area contributed by atoms with Gasteiger partial charge in [0.2, 0.25) is 0 Å². The van der Waals surface area contributed by atoms with Gasteiger partial charge >= 0.3 is 12.0 Å². The van der Waals surface area contributed by atoms with E-state index in [1.165, 1.54) is 6.07 Å². The van der Waals surface area contributed by atoms with Gasteiger partial charge < -0.3 is 14.4 Å². The lowest BCUT2D eigenvalue weighted by Gasteiger charge is -2.08. The summed E-state index contributed by atoms with van der Waals surface area (Å²) in [5.41, 5.74) is 0.0855. The number of aryl methyl sites for hydroxylation is 1. The van der Waals surface area contributed by atoms with Crippen LogP contribution in [0, 0.1) is 0 Å². The van der Waals surface area contributed by atoms with Crippen molar-refractivity contribution in [3.05, 3.63) is 40.6 Å². The molecule has 17 heavy (non-hydrogen) atoms. The Labute approximate surface area is 106 Å². The van der Waals surface area contributed by atoms with Crippen LogP contribution in [0.2, 0.25) is 0 Å². The van der Waals surface area contributed by atoms with Gasteiger partial charge in [-0.05, 0) is 18.2 Å². The molecule has 2 rings (SSSR count). The predicted molar refractivity (Wildman–Crippen MR) is 64.4 cm³/mol. The van der Waals surface area contributed by atoms with E-state index in [9.17, 15) is 4.79 Å². The lowest BCUT2D eigenvalue weighted by molar-refractivity contribution is 0.0694. The molecule has 0 spiro atoms. The zero-order valence-electron chi connectivity index (χ0n) is 8.92. The molecule has 0 aliphatic heterocycles. The maximum atomic E-state index is 11.1. The summed E-state index contributed by atoms with van der Waals surface area (Å²) in [6.45, 7) is 0. The molecule has 1 heterocycles. The van der Waals surface area contributed by atoms with Crippen molar-refractivity contribution < 1.29 is 14.6 Å². The molecule has 1 aromatic carbocycles. The molecule has 0 aliphatic rings. The zero-order valence-corrected chi connectivity index (χ0v) is 10.5. The van der Waals surface area contributed by atoms with Crippen LogP contribution in [-0.2, 0) is 7.05 Å². The van der Waals surface area contributed by atoms with Gasteiger partial charge in [0.15, 0.2) is 0 Å². The molecule has 0 saturated carbocycles. The van der Waals surface area contributed by atoms with E-state index in [1.54, 1.807) is 36.1 Å². The van der Waals surface area contributed by atoms with Crippen LogP contribution < -0.4 is 4.74 Å². The molecule has 0 amide bonds. The molecule has 1 N–H and O–H groups in total. The van der Waals surface area contributed by atoms with Crippen molar-refractivity contribution in [2.75, 3.05) is 0 Å². The zero-order chi connectivity index (χ0) is 12.4. The summed E-state index contributed by atoms with van der Waals surface area (Å²) < 4.78 is 7.79. The number of aromatic nitrogens is 2. The lowest BCUT2D eigenvalue weighted by atomic mass is 10.2. The third-order valence-corrected chi connectivity index (χ3v) is 2.64. The number of halogens is 1. The van der Waals surface area contributed by atoms with Gasteiger partial charge in [-0.25, -0.2) is 9.78 Å². The second kappa shape index (κ2) is 4.58. The Balaban J connectivity index is 2.39. The normalized spacial score (nSPS) is 10.2. The van der Waals surface area contributed by atoms with Gasteiger partial charge in [0.25, 0.3) is 0 Å². The summed E-state index contributed by atoms with van der Waals surface area (Å²) in [6, 6.07) is 5.13. The Morgan fingerprint density at radius 2 is 2.29 bits per heavy atom. The maximum absolute atomic E-state index is 11.1. The summed E-state index contributed by atoms with van der Waals surface area (Å²) >= 11 is 3.22. The van der Waals surface area contributed by atoms with Crippen LogP contribution >= 0.6 is 15.9 Å². The van der Waals surface area contributed by atoms with Crippen molar-refractivity contribution in [1.29, 1.82) is 0 Å². The minimum absolute atomic E-state index is 0.0855. The Kier molecular flexibility index (Phi) is 3.14. The third kappa shape index (κ3) is 2.47. The first-order chi connectivity index (χ1) is 8.08. The first-order valence-corrected chi connectivity index (χ1v) is 5.55. The van der Waals surface area contributed by atoms with Crippen molar-refractivity contribution in [2.24, 2.45) is 7.05 Å². The van der Waals surface area contributed by atoms with Crippen LogP contribution in [0.4, 0.5) is 0 Å². The molecular weight excluding hydrogens is 288 g/mol. The van der Waals surface area contributed by atoms with Gasteiger partial charge in [-0.2, -0.15) is 0 Å². The number of rotatable bonds is 3. The minimum Gasteiger partial charge on any atom is -0.478 e. The SMILES string of the molecule is Cn1ccnc1Oc1ccc(Br)cc1C(=O)O. The van der Waals surface area contributed by atoms with Crippen LogP contribution in [-0.4, -0.2) is 20.6 Å². The van der Waals surface area contributed by atoms with Gasteiger partial charge in [0.1, 0.15) is 11.3 Å². The summed E-state index contributed by atoms with van der Waals surface area (Å²) in [4.78, 5) is 15.0. The molecule has 0 fully saturated rings. The van der Waals surface area contributed by atoms with Crippen LogP contribution in [0.3, 0.4) is 0 Å². The summed E-state index contributed by atoms with van der Waals surface area (Å²) in [7, 11) is 1.77. The highest BCUT2D eigenvalue weighted by Gasteiger charge is 2.14.